The smallest absolute Gasteiger partial charge is 0.226 e. The van der Waals surface area contributed by atoms with Crippen LogP contribution in [0.15, 0.2) is 28.9 Å². The van der Waals surface area contributed by atoms with Crippen LogP contribution in [0, 0.1) is 0 Å². The van der Waals surface area contributed by atoms with Crippen LogP contribution >= 0.6 is 0 Å². The predicted molar refractivity (Wildman–Crippen MR) is 75.2 cm³/mol. The number of hydrogen-bond donors (Lipinski definition) is 0. The van der Waals surface area contributed by atoms with E-state index in [4.69, 9.17) is 4.52 Å². The van der Waals surface area contributed by atoms with Gasteiger partial charge in [0.1, 0.15) is 0 Å². The van der Waals surface area contributed by atoms with Crippen LogP contribution in [0.1, 0.15) is 43.2 Å². The summed E-state index contributed by atoms with van der Waals surface area (Å²) in [5, 5.41) is 4.13. The van der Waals surface area contributed by atoms with Crippen LogP contribution in [0.4, 0.5) is 0 Å². The molecule has 0 aliphatic carbocycles. The van der Waals surface area contributed by atoms with Gasteiger partial charge in [0.15, 0.2) is 5.82 Å². The van der Waals surface area contributed by atoms with Crippen molar-refractivity contribution in [2.45, 2.75) is 38.6 Å². The Hall–Kier alpha value is -1.75. The van der Waals surface area contributed by atoms with E-state index in [0.29, 0.717) is 6.04 Å². The standard InChI is InChI=1S/C15H20N4O/c1-2-14-17-15(18-20-14)13-7-5-10-19(13)11-8-12-6-3-4-9-16-12/h3-4,6,9,13H,2,5,7-8,10-11H2,1H3/t13-/m0/s1. The van der Waals surface area contributed by atoms with E-state index < -0.39 is 0 Å². The van der Waals surface area contributed by atoms with Gasteiger partial charge in [-0.15, -0.1) is 0 Å². The molecule has 3 rings (SSSR count). The van der Waals surface area contributed by atoms with Crippen molar-refractivity contribution in [3.05, 3.63) is 41.8 Å². The van der Waals surface area contributed by atoms with E-state index in [1.165, 1.54) is 6.42 Å². The van der Waals surface area contributed by atoms with Gasteiger partial charge in [-0.25, -0.2) is 0 Å². The van der Waals surface area contributed by atoms with Crippen molar-refractivity contribution >= 4 is 0 Å². The monoisotopic (exact) mass is 272 g/mol. The Morgan fingerprint density at radius 2 is 2.35 bits per heavy atom. The van der Waals surface area contributed by atoms with Gasteiger partial charge in [0.05, 0.1) is 6.04 Å². The molecule has 0 radical (unpaired) electrons. The lowest BCUT2D eigenvalue weighted by atomic mass is 10.2. The lowest BCUT2D eigenvalue weighted by molar-refractivity contribution is 0.244. The fraction of sp³-hybridized carbons (Fsp3) is 0.533. The van der Waals surface area contributed by atoms with Crippen LogP contribution in [-0.4, -0.2) is 33.1 Å². The van der Waals surface area contributed by atoms with Crippen molar-refractivity contribution in [3.8, 4) is 0 Å². The van der Waals surface area contributed by atoms with Crippen molar-refractivity contribution in [3.63, 3.8) is 0 Å². The van der Waals surface area contributed by atoms with E-state index in [1.54, 1.807) is 0 Å². The Balaban J connectivity index is 1.63. The van der Waals surface area contributed by atoms with E-state index >= 15 is 0 Å². The zero-order chi connectivity index (χ0) is 13.8. The van der Waals surface area contributed by atoms with E-state index in [-0.39, 0.29) is 0 Å². The van der Waals surface area contributed by atoms with Crippen molar-refractivity contribution < 1.29 is 4.52 Å². The molecule has 106 valence electrons. The quantitative estimate of drug-likeness (QED) is 0.836. The Morgan fingerprint density at radius 3 is 3.10 bits per heavy atom. The van der Waals surface area contributed by atoms with Crippen molar-refractivity contribution in [1.29, 1.82) is 0 Å². The van der Waals surface area contributed by atoms with E-state index in [9.17, 15) is 0 Å². The molecule has 0 N–H and O–H groups in total. The largest absolute Gasteiger partial charge is 0.339 e. The van der Waals surface area contributed by atoms with Crippen LogP contribution < -0.4 is 0 Å². The Kier molecular flexibility index (Phi) is 4.06. The second kappa shape index (κ2) is 6.13. The summed E-state index contributed by atoms with van der Waals surface area (Å²) in [4.78, 5) is 11.3. The summed E-state index contributed by atoms with van der Waals surface area (Å²) >= 11 is 0. The first-order valence-electron chi connectivity index (χ1n) is 7.33. The lowest BCUT2D eigenvalue weighted by Gasteiger charge is -2.21. The van der Waals surface area contributed by atoms with Crippen LogP contribution in [0.5, 0.6) is 0 Å². The molecule has 0 amide bonds. The van der Waals surface area contributed by atoms with Crippen LogP contribution in [0.3, 0.4) is 0 Å². The van der Waals surface area contributed by atoms with E-state index in [2.05, 4.69) is 26.1 Å². The molecule has 2 aromatic rings. The van der Waals surface area contributed by atoms with Crippen LogP contribution in [0.2, 0.25) is 0 Å². The first-order chi connectivity index (χ1) is 9.86. The van der Waals surface area contributed by atoms with Gasteiger partial charge in [0.25, 0.3) is 0 Å². The van der Waals surface area contributed by atoms with Crippen molar-refractivity contribution in [1.82, 2.24) is 20.0 Å². The molecule has 1 aliphatic heterocycles. The molecule has 0 bridgehead atoms. The highest BCUT2D eigenvalue weighted by Crippen LogP contribution is 2.30. The summed E-state index contributed by atoms with van der Waals surface area (Å²) in [5.41, 5.74) is 1.14. The van der Waals surface area contributed by atoms with E-state index in [1.807, 2.05) is 25.3 Å². The number of aryl methyl sites for hydroxylation is 1. The molecule has 1 saturated heterocycles. The van der Waals surface area contributed by atoms with Crippen LogP contribution in [-0.2, 0) is 12.8 Å². The number of hydrogen-bond acceptors (Lipinski definition) is 5. The summed E-state index contributed by atoms with van der Waals surface area (Å²) in [6.07, 6.45) is 5.93. The fourth-order valence-electron chi connectivity index (χ4n) is 2.74. The Morgan fingerprint density at radius 1 is 1.40 bits per heavy atom. The minimum Gasteiger partial charge on any atom is -0.339 e. The van der Waals surface area contributed by atoms with E-state index in [0.717, 1.165) is 49.8 Å². The number of rotatable bonds is 5. The Labute approximate surface area is 119 Å². The maximum atomic E-state index is 5.24. The number of nitrogens with zero attached hydrogens (tertiary/aromatic N) is 4. The van der Waals surface area contributed by atoms with Gasteiger partial charge in [-0.3, -0.25) is 9.88 Å². The van der Waals surface area contributed by atoms with Gasteiger partial charge in [-0.1, -0.05) is 18.1 Å². The predicted octanol–water partition coefficient (Wildman–Crippen LogP) is 2.41. The fourth-order valence-corrected chi connectivity index (χ4v) is 2.74. The average molecular weight is 272 g/mol. The molecular formula is C15H20N4O. The minimum absolute atomic E-state index is 0.308. The molecule has 1 fully saturated rings. The summed E-state index contributed by atoms with van der Waals surface area (Å²) in [7, 11) is 0. The van der Waals surface area contributed by atoms with Gasteiger partial charge < -0.3 is 4.52 Å². The lowest BCUT2D eigenvalue weighted by Crippen LogP contribution is -2.26. The normalized spacial score (nSPS) is 19.6. The molecule has 0 saturated carbocycles. The number of likely N-dealkylation sites (tertiary alicyclic amines) is 1. The highest BCUT2D eigenvalue weighted by molar-refractivity contribution is 5.05. The summed E-state index contributed by atoms with van der Waals surface area (Å²) in [6, 6.07) is 6.38. The van der Waals surface area contributed by atoms with Gasteiger partial charge >= 0.3 is 0 Å². The summed E-state index contributed by atoms with van der Waals surface area (Å²) in [5.74, 6) is 1.58. The number of pyridine rings is 1. The SMILES string of the molecule is CCc1nc([C@@H]2CCCN2CCc2ccccn2)no1. The van der Waals surface area contributed by atoms with Gasteiger partial charge in [0.2, 0.25) is 5.89 Å². The molecule has 2 aromatic heterocycles. The van der Waals surface area contributed by atoms with Crippen molar-refractivity contribution in [2.75, 3.05) is 13.1 Å². The third-order valence-electron chi connectivity index (χ3n) is 3.83. The van der Waals surface area contributed by atoms with Crippen LogP contribution in [0.25, 0.3) is 0 Å². The van der Waals surface area contributed by atoms with Gasteiger partial charge in [-0.05, 0) is 31.5 Å². The molecule has 0 unspecified atom stereocenters. The first-order valence-corrected chi connectivity index (χ1v) is 7.33. The highest BCUT2D eigenvalue weighted by atomic mass is 16.5. The molecule has 0 aromatic carbocycles. The maximum absolute atomic E-state index is 5.24. The third-order valence-corrected chi connectivity index (χ3v) is 3.83. The van der Waals surface area contributed by atoms with Crippen molar-refractivity contribution in [2.24, 2.45) is 0 Å². The molecule has 1 aliphatic rings. The second-order valence-corrected chi connectivity index (χ2v) is 5.16. The van der Waals surface area contributed by atoms with Gasteiger partial charge in [-0.2, -0.15) is 4.98 Å². The minimum atomic E-state index is 0.308. The summed E-state index contributed by atoms with van der Waals surface area (Å²) in [6.45, 7) is 4.13. The molecule has 20 heavy (non-hydrogen) atoms. The molecule has 5 nitrogen and oxygen atoms in total. The third kappa shape index (κ3) is 2.88. The second-order valence-electron chi connectivity index (χ2n) is 5.16. The molecule has 0 spiro atoms. The zero-order valence-electron chi connectivity index (χ0n) is 11.8. The average Bonchev–Trinajstić information content (AvgIpc) is 3.14. The molecule has 3 heterocycles. The Bertz CT molecular complexity index is 540. The molecular weight excluding hydrogens is 252 g/mol. The van der Waals surface area contributed by atoms with Gasteiger partial charge in [0, 0.05) is 31.3 Å². The topological polar surface area (TPSA) is 55.1 Å². The number of aromatic nitrogens is 3. The first kappa shape index (κ1) is 13.2. The maximum Gasteiger partial charge on any atom is 0.226 e. The molecule has 5 heteroatoms. The molecule has 1 atom stereocenters. The summed E-state index contributed by atoms with van der Waals surface area (Å²) < 4.78 is 5.24. The highest BCUT2D eigenvalue weighted by Gasteiger charge is 2.29. The zero-order valence-corrected chi connectivity index (χ0v) is 11.8.